The number of para-hydroxylation sites is 1. The summed E-state index contributed by atoms with van der Waals surface area (Å²) in [6, 6.07) is 19.5. The molecule has 0 bridgehead atoms. The normalized spacial score (nSPS) is 11.0. The van der Waals surface area contributed by atoms with Gasteiger partial charge in [0.2, 0.25) is 5.88 Å². The monoisotopic (exact) mass is 290 g/mol. The molecule has 0 aliphatic heterocycles. The molecule has 0 fully saturated rings. The van der Waals surface area contributed by atoms with Crippen LogP contribution in [0.2, 0.25) is 0 Å². The maximum absolute atomic E-state index is 5.69. The molecule has 0 saturated heterocycles. The Balaban J connectivity index is 1.65. The summed E-state index contributed by atoms with van der Waals surface area (Å²) in [5.74, 6) is 2.06. The average molecular weight is 290 g/mol. The molecule has 2 heterocycles. The third-order valence-corrected chi connectivity index (χ3v) is 3.36. The van der Waals surface area contributed by atoms with Gasteiger partial charge in [-0.15, -0.1) is 5.10 Å². The Labute approximate surface area is 127 Å². The predicted octanol–water partition coefficient (Wildman–Crippen LogP) is 3.83. The summed E-state index contributed by atoms with van der Waals surface area (Å²) in [6.07, 6.45) is 0. The van der Waals surface area contributed by atoms with Gasteiger partial charge in [0.15, 0.2) is 11.5 Å². The first-order valence-corrected chi connectivity index (χ1v) is 7.04. The predicted molar refractivity (Wildman–Crippen MR) is 84.0 cm³/mol. The lowest BCUT2D eigenvalue weighted by Crippen LogP contribution is -1.90. The van der Waals surface area contributed by atoms with Crippen molar-refractivity contribution in [3.8, 4) is 23.0 Å². The zero-order valence-corrected chi connectivity index (χ0v) is 12.0. The molecular weight excluding hydrogens is 276 g/mol. The second-order valence-corrected chi connectivity index (χ2v) is 5.11. The van der Waals surface area contributed by atoms with Crippen LogP contribution in [0.25, 0.3) is 17.0 Å². The highest BCUT2D eigenvalue weighted by molar-refractivity contribution is 5.59. The van der Waals surface area contributed by atoms with Gasteiger partial charge in [-0.25, -0.2) is 4.98 Å². The minimum absolute atomic E-state index is 0.515. The van der Waals surface area contributed by atoms with Gasteiger partial charge in [0.1, 0.15) is 5.75 Å². The Bertz CT molecular complexity index is 893. The number of aromatic amines is 1. The molecule has 22 heavy (non-hydrogen) atoms. The van der Waals surface area contributed by atoms with Crippen molar-refractivity contribution in [2.75, 3.05) is 0 Å². The number of rotatable bonds is 3. The Morgan fingerprint density at radius 1 is 1.00 bits per heavy atom. The van der Waals surface area contributed by atoms with Crippen molar-refractivity contribution in [2.24, 2.45) is 0 Å². The van der Waals surface area contributed by atoms with Gasteiger partial charge in [-0.1, -0.05) is 42.0 Å². The lowest BCUT2D eigenvalue weighted by atomic mass is 10.1. The Hall–Kier alpha value is -3.08. The van der Waals surface area contributed by atoms with Gasteiger partial charge < -0.3 is 4.74 Å². The summed E-state index contributed by atoms with van der Waals surface area (Å²) in [5.41, 5.74) is 2.96. The van der Waals surface area contributed by atoms with Crippen molar-refractivity contribution < 1.29 is 4.74 Å². The van der Waals surface area contributed by atoms with Gasteiger partial charge >= 0.3 is 0 Å². The maximum Gasteiger partial charge on any atom is 0.242 e. The Morgan fingerprint density at radius 3 is 2.64 bits per heavy atom. The fourth-order valence-electron chi connectivity index (χ4n) is 2.33. The topological polar surface area (TPSA) is 55.2 Å². The molecule has 0 aliphatic rings. The lowest BCUT2D eigenvalue weighted by molar-refractivity contribution is 0.456. The minimum Gasteiger partial charge on any atom is -0.437 e. The highest BCUT2D eigenvalue weighted by Crippen LogP contribution is 2.22. The van der Waals surface area contributed by atoms with Gasteiger partial charge in [0, 0.05) is 11.6 Å². The molecule has 4 aromatic rings. The number of ether oxygens (including phenoxy) is 1. The molecule has 0 aliphatic carbocycles. The van der Waals surface area contributed by atoms with E-state index in [0.29, 0.717) is 5.88 Å². The maximum atomic E-state index is 5.69. The molecule has 2 aromatic heterocycles. The van der Waals surface area contributed by atoms with Crippen LogP contribution in [0.4, 0.5) is 0 Å². The van der Waals surface area contributed by atoms with Crippen molar-refractivity contribution in [3.05, 3.63) is 66.2 Å². The van der Waals surface area contributed by atoms with Crippen LogP contribution in [-0.4, -0.2) is 19.8 Å². The standard InChI is InChI=1S/C17H14N4O/c1-12-6-5-7-13(10-12)17-18-15-11-16(19-21(15)20-17)22-14-8-3-2-4-9-14/h2-11H,1H3,(H,18,20). The molecule has 2 aromatic carbocycles. The highest BCUT2D eigenvalue weighted by Gasteiger charge is 2.10. The molecule has 0 unspecified atom stereocenters. The van der Waals surface area contributed by atoms with Gasteiger partial charge in [-0.05, 0) is 25.1 Å². The van der Waals surface area contributed by atoms with Crippen LogP contribution >= 0.6 is 0 Å². The molecule has 0 atom stereocenters. The Morgan fingerprint density at radius 2 is 1.86 bits per heavy atom. The molecule has 4 rings (SSSR count). The molecule has 0 spiro atoms. The number of hydrogen-bond acceptors (Lipinski definition) is 3. The van der Waals surface area contributed by atoms with E-state index >= 15 is 0 Å². The van der Waals surface area contributed by atoms with E-state index in [4.69, 9.17) is 4.74 Å². The Kier molecular flexibility index (Phi) is 2.89. The van der Waals surface area contributed by atoms with Crippen molar-refractivity contribution >= 4 is 5.65 Å². The second kappa shape index (κ2) is 5.04. The van der Waals surface area contributed by atoms with Crippen molar-refractivity contribution in [3.63, 3.8) is 0 Å². The van der Waals surface area contributed by atoms with Crippen molar-refractivity contribution in [1.29, 1.82) is 0 Å². The summed E-state index contributed by atoms with van der Waals surface area (Å²) in [4.78, 5) is 4.55. The van der Waals surface area contributed by atoms with Crippen LogP contribution < -0.4 is 4.74 Å². The fourth-order valence-corrected chi connectivity index (χ4v) is 2.33. The van der Waals surface area contributed by atoms with E-state index in [1.54, 1.807) is 4.63 Å². The van der Waals surface area contributed by atoms with Gasteiger partial charge in [0.05, 0.1) is 0 Å². The molecule has 0 amide bonds. The van der Waals surface area contributed by atoms with Crippen molar-refractivity contribution in [2.45, 2.75) is 6.92 Å². The first kappa shape index (κ1) is 12.6. The molecular formula is C17H14N4O. The molecule has 1 N–H and O–H groups in total. The highest BCUT2D eigenvalue weighted by atomic mass is 16.5. The SMILES string of the molecule is Cc1cccc(-c2nc3cc(Oc4ccccc4)nn3[nH]2)c1. The number of aryl methyl sites for hydroxylation is 1. The average Bonchev–Trinajstić information content (AvgIpc) is 3.06. The molecule has 5 nitrogen and oxygen atoms in total. The molecule has 5 heteroatoms. The van der Waals surface area contributed by atoms with E-state index in [9.17, 15) is 0 Å². The van der Waals surface area contributed by atoms with Gasteiger partial charge in [-0.3, -0.25) is 5.10 Å². The van der Waals surface area contributed by atoms with Crippen molar-refractivity contribution in [1.82, 2.24) is 19.8 Å². The summed E-state index contributed by atoms with van der Waals surface area (Å²) in [7, 11) is 0. The van der Waals surface area contributed by atoms with E-state index in [1.807, 2.05) is 48.5 Å². The number of aromatic nitrogens is 4. The quantitative estimate of drug-likeness (QED) is 0.624. The van der Waals surface area contributed by atoms with Crippen LogP contribution in [0.15, 0.2) is 60.7 Å². The summed E-state index contributed by atoms with van der Waals surface area (Å²) >= 11 is 0. The first-order chi connectivity index (χ1) is 10.8. The van der Waals surface area contributed by atoms with Crippen LogP contribution in [0.1, 0.15) is 5.56 Å². The fraction of sp³-hybridized carbons (Fsp3) is 0.0588. The third-order valence-electron chi connectivity index (χ3n) is 3.36. The smallest absolute Gasteiger partial charge is 0.242 e. The molecule has 0 radical (unpaired) electrons. The largest absolute Gasteiger partial charge is 0.437 e. The van der Waals surface area contributed by atoms with Gasteiger partial charge in [-0.2, -0.15) is 4.63 Å². The first-order valence-electron chi connectivity index (χ1n) is 7.04. The lowest BCUT2D eigenvalue weighted by Gasteiger charge is -2.00. The zero-order valence-electron chi connectivity index (χ0n) is 12.0. The van der Waals surface area contributed by atoms with Crippen LogP contribution in [-0.2, 0) is 0 Å². The number of H-pyrrole nitrogens is 1. The minimum atomic E-state index is 0.515. The van der Waals surface area contributed by atoms with E-state index in [0.717, 1.165) is 22.8 Å². The third kappa shape index (κ3) is 2.33. The molecule has 108 valence electrons. The second-order valence-electron chi connectivity index (χ2n) is 5.11. The summed E-state index contributed by atoms with van der Waals surface area (Å²) < 4.78 is 7.32. The number of fused-ring (bicyclic) bond motifs is 1. The number of hydrogen-bond donors (Lipinski definition) is 1. The van der Waals surface area contributed by atoms with Crippen LogP contribution in [0.5, 0.6) is 11.6 Å². The van der Waals surface area contributed by atoms with Gasteiger partial charge in [0.25, 0.3) is 0 Å². The summed E-state index contributed by atoms with van der Waals surface area (Å²) in [5, 5.41) is 7.51. The number of benzene rings is 2. The zero-order chi connectivity index (χ0) is 14.9. The van der Waals surface area contributed by atoms with Crippen LogP contribution in [0.3, 0.4) is 0 Å². The molecule has 0 saturated carbocycles. The van der Waals surface area contributed by atoms with E-state index in [1.165, 1.54) is 5.56 Å². The van der Waals surface area contributed by atoms with Crippen LogP contribution in [0, 0.1) is 6.92 Å². The van der Waals surface area contributed by atoms with E-state index < -0.39 is 0 Å². The summed E-state index contributed by atoms with van der Waals surface area (Å²) in [6.45, 7) is 2.06. The number of nitrogens with one attached hydrogen (secondary N) is 1. The van der Waals surface area contributed by atoms with E-state index in [2.05, 4.69) is 34.2 Å². The number of nitrogens with zero attached hydrogens (tertiary/aromatic N) is 3. The van der Waals surface area contributed by atoms with E-state index in [-0.39, 0.29) is 0 Å².